The topological polar surface area (TPSA) is 73.8 Å². The zero-order chi connectivity index (χ0) is 20.7. The molecule has 3 rings (SSSR count). The molecule has 2 N–H and O–H groups in total. The first-order valence-electron chi connectivity index (χ1n) is 9.73. The minimum absolute atomic E-state index is 0.253. The van der Waals surface area contributed by atoms with Gasteiger partial charge in [0.2, 0.25) is 10.0 Å². The number of piperidine rings is 1. The number of aliphatic imine (C=N–C) groups is 1. The Kier molecular flexibility index (Phi) is 7.22. The van der Waals surface area contributed by atoms with Crippen molar-refractivity contribution >= 4 is 16.0 Å². The minimum Gasteiger partial charge on any atom is -0.356 e. The van der Waals surface area contributed by atoms with Crippen LogP contribution < -0.4 is 10.6 Å². The molecule has 0 aliphatic carbocycles. The lowest BCUT2D eigenvalue weighted by molar-refractivity contribution is 0.273. The summed E-state index contributed by atoms with van der Waals surface area (Å²) < 4.78 is 40.0. The molecule has 2 aromatic rings. The normalized spacial score (nSPS) is 16.6. The molecule has 0 unspecified atom stereocenters. The third kappa shape index (κ3) is 5.77. The molecule has 0 aromatic heterocycles. The Hall–Kier alpha value is -2.45. The first kappa shape index (κ1) is 21.3. The van der Waals surface area contributed by atoms with Crippen LogP contribution >= 0.6 is 0 Å². The van der Waals surface area contributed by atoms with Gasteiger partial charge in [-0.3, -0.25) is 4.99 Å². The molecule has 0 radical (unpaired) electrons. The van der Waals surface area contributed by atoms with Crippen molar-refractivity contribution in [3.05, 3.63) is 66.0 Å². The van der Waals surface area contributed by atoms with E-state index < -0.39 is 10.0 Å². The van der Waals surface area contributed by atoms with Gasteiger partial charge in [-0.25, -0.2) is 12.8 Å². The van der Waals surface area contributed by atoms with Crippen molar-refractivity contribution in [1.29, 1.82) is 0 Å². The lowest BCUT2D eigenvalue weighted by Crippen LogP contribution is -2.44. The van der Waals surface area contributed by atoms with Crippen LogP contribution in [-0.2, 0) is 16.6 Å². The zero-order valence-electron chi connectivity index (χ0n) is 16.5. The second kappa shape index (κ2) is 9.84. The highest BCUT2D eigenvalue weighted by Crippen LogP contribution is 2.23. The molecule has 156 valence electrons. The molecule has 0 bridgehead atoms. The van der Waals surface area contributed by atoms with Gasteiger partial charge in [0.05, 0.1) is 4.90 Å². The molecule has 1 aliphatic heterocycles. The molecule has 1 saturated heterocycles. The molecule has 0 atom stereocenters. The van der Waals surface area contributed by atoms with Gasteiger partial charge in [0.1, 0.15) is 5.82 Å². The first-order valence-corrected chi connectivity index (χ1v) is 11.2. The Morgan fingerprint density at radius 2 is 1.72 bits per heavy atom. The van der Waals surface area contributed by atoms with Gasteiger partial charge in [0, 0.05) is 33.2 Å². The Morgan fingerprint density at radius 1 is 1.07 bits per heavy atom. The van der Waals surface area contributed by atoms with Gasteiger partial charge >= 0.3 is 0 Å². The standard InChI is InChI=1S/C21H27FN4O2S/c1-23-21(24-15-17-7-9-19(22)10-8-17)25-16-18-11-13-26(14-12-18)29(27,28)20-5-3-2-4-6-20/h2-10,18H,11-16H2,1H3,(H2,23,24,25). The molecule has 2 aromatic carbocycles. The lowest BCUT2D eigenvalue weighted by Gasteiger charge is -2.31. The minimum atomic E-state index is -3.41. The summed E-state index contributed by atoms with van der Waals surface area (Å²) in [7, 11) is -1.71. The summed E-state index contributed by atoms with van der Waals surface area (Å²) in [4.78, 5) is 4.56. The maximum Gasteiger partial charge on any atom is 0.243 e. The number of nitrogens with zero attached hydrogens (tertiary/aromatic N) is 2. The lowest BCUT2D eigenvalue weighted by atomic mass is 9.98. The molecular formula is C21H27FN4O2S. The van der Waals surface area contributed by atoms with Crippen molar-refractivity contribution in [1.82, 2.24) is 14.9 Å². The van der Waals surface area contributed by atoms with Crippen LogP contribution in [0.1, 0.15) is 18.4 Å². The van der Waals surface area contributed by atoms with Crippen LogP contribution in [-0.4, -0.2) is 45.4 Å². The van der Waals surface area contributed by atoms with Crippen LogP contribution in [0.5, 0.6) is 0 Å². The van der Waals surface area contributed by atoms with Crippen molar-refractivity contribution in [3.63, 3.8) is 0 Å². The molecule has 1 aliphatic rings. The zero-order valence-corrected chi connectivity index (χ0v) is 17.3. The molecule has 29 heavy (non-hydrogen) atoms. The Morgan fingerprint density at radius 3 is 2.34 bits per heavy atom. The van der Waals surface area contributed by atoms with Gasteiger partial charge in [-0.15, -0.1) is 0 Å². The second-order valence-electron chi connectivity index (χ2n) is 7.09. The predicted octanol–water partition coefficient (Wildman–Crippen LogP) is 2.59. The van der Waals surface area contributed by atoms with Gasteiger partial charge in [-0.2, -0.15) is 4.31 Å². The van der Waals surface area contributed by atoms with Crippen LogP contribution in [0.4, 0.5) is 4.39 Å². The van der Waals surface area contributed by atoms with E-state index in [9.17, 15) is 12.8 Å². The Bertz CT molecular complexity index is 909. The van der Waals surface area contributed by atoms with E-state index in [1.54, 1.807) is 47.8 Å². The molecule has 0 saturated carbocycles. The van der Waals surface area contributed by atoms with E-state index in [0.29, 0.717) is 36.4 Å². The smallest absolute Gasteiger partial charge is 0.243 e. The number of sulfonamides is 1. The number of halogens is 1. The van der Waals surface area contributed by atoms with Crippen LogP contribution in [0.3, 0.4) is 0 Å². The molecular weight excluding hydrogens is 391 g/mol. The number of nitrogens with one attached hydrogen (secondary N) is 2. The SMILES string of the molecule is CN=C(NCc1ccc(F)cc1)NCC1CCN(S(=O)(=O)c2ccccc2)CC1. The molecule has 8 heteroatoms. The van der Waals surface area contributed by atoms with Gasteiger partial charge in [0.25, 0.3) is 0 Å². The van der Waals surface area contributed by atoms with E-state index in [1.807, 2.05) is 6.07 Å². The second-order valence-corrected chi connectivity index (χ2v) is 9.03. The summed E-state index contributed by atoms with van der Waals surface area (Å²) in [6.07, 6.45) is 1.60. The summed E-state index contributed by atoms with van der Waals surface area (Å²) in [5.41, 5.74) is 0.966. The third-order valence-corrected chi connectivity index (χ3v) is 7.02. The highest BCUT2D eigenvalue weighted by Gasteiger charge is 2.29. The highest BCUT2D eigenvalue weighted by molar-refractivity contribution is 7.89. The monoisotopic (exact) mass is 418 g/mol. The van der Waals surface area contributed by atoms with Crippen molar-refractivity contribution in [3.8, 4) is 0 Å². The van der Waals surface area contributed by atoms with E-state index in [0.717, 1.165) is 24.9 Å². The summed E-state index contributed by atoms with van der Waals surface area (Å²) >= 11 is 0. The van der Waals surface area contributed by atoms with E-state index >= 15 is 0 Å². The number of hydrogen-bond donors (Lipinski definition) is 2. The van der Waals surface area contributed by atoms with Crippen LogP contribution in [0.2, 0.25) is 0 Å². The Balaban J connectivity index is 1.44. The van der Waals surface area contributed by atoms with Gasteiger partial charge in [-0.05, 0) is 48.6 Å². The number of benzene rings is 2. The predicted molar refractivity (Wildman–Crippen MR) is 113 cm³/mol. The fraction of sp³-hybridized carbons (Fsp3) is 0.381. The van der Waals surface area contributed by atoms with Crippen molar-refractivity contribution in [2.24, 2.45) is 10.9 Å². The molecule has 1 heterocycles. The third-order valence-electron chi connectivity index (χ3n) is 5.11. The van der Waals surface area contributed by atoms with E-state index in [4.69, 9.17) is 0 Å². The average Bonchev–Trinajstić information content (AvgIpc) is 2.76. The number of hydrogen-bond acceptors (Lipinski definition) is 3. The van der Waals surface area contributed by atoms with Crippen molar-refractivity contribution in [2.75, 3.05) is 26.7 Å². The summed E-state index contributed by atoms with van der Waals surface area (Å²) in [5, 5.41) is 6.51. The largest absolute Gasteiger partial charge is 0.356 e. The molecule has 0 amide bonds. The van der Waals surface area contributed by atoms with Crippen LogP contribution in [0.15, 0.2) is 64.5 Å². The first-order chi connectivity index (χ1) is 14.0. The molecule has 1 fully saturated rings. The highest BCUT2D eigenvalue weighted by atomic mass is 32.2. The van der Waals surface area contributed by atoms with Crippen molar-refractivity contribution in [2.45, 2.75) is 24.3 Å². The quantitative estimate of drug-likeness (QED) is 0.559. The van der Waals surface area contributed by atoms with Gasteiger partial charge in [-0.1, -0.05) is 30.3 Å². The van der Waals surface area contributed by atoms with Crippen LogP contribution in [0.25, 0.3) is 0 Å². The Labute approximate surface area is 171 Å². The van der Waals surface area contributed by atoms with Crippen LogP contribution in [0, 0.1) is 11.7 Å². The van der Waals surface area contributed by atoms with Gasteiger partial charge in [0.15, 0.2) is 5.96 Å². The number of guanidine groups is 1. The van der Waals surface area contributed by atoms with E-state index in [-0.39, 0.29) is 5.82 Å². The molecule has 0 spiro atoms. The maximum atomic E-state index is 13.0. The maximum absolute atomic E-state index is 13.0. The molecule has 6 nitrogen and oxygen atoms in total. The summed E-state index contributed by atoms with van der Waals surface area (Å²) in [6.45, 7) is 2.31. The van der Waals surface area contributed by atoms with E-state index in [2.05, 4.69) is 15.6 Å². The van der Waals surface area contributed by atoms with Gasteiger partial charge < -0.3 is 10.6 Å². The van der Waals surface area contributed by atoms with E-state index in [1.165, 1.54) is 12.1 Å². The fourth-order valence-corrected chi connectivity index (χ4v) is 4.84. The summed E-state index contributed by atoms with van der Waals surface area (Å²) in [5.74, 6) is 0.798. The van der Waals surface area contributed by atoms with Crippen molar-refractivity contribution < 1.29 is 12.8 Å². The average molecular weight is 419 g/mol. The number of rotatable bonds is 6. The summed E-state index contributed by atoms with van der Waals surface area (Å²) in [6, 6.07) is 14.9. The fourth-order valence-electron chi connectivity index (χ4n) is 3.34.